The molecule has 1 amide bonds. The van der Waals surface area contributed by atoms with Crippen molar-refractivity contribution >= 4 is 11.7 Å². The quantitative estimate of drug-likeness (QED) is 0.801. The van der Waals surface area contributed by atoms with Crippen LogP contribution in [0.15, 0.2) is 24.3 Å². The average molecular weight is 325 g/mol. The fourth-order valence-electron chi connectivity index (χ4n) is 2.95. The van der Waals surface area contributed by atoms with Gasteiger partial charge in [0.05, 0.1) is 6.04 Å². The summed E-state index contributed by atoms with van der Waals surface area (Å²) in [6, 6.07) is 8.76. The standard InChI is InChI=1S/C17H19N5O2/c1-11(23)20-17-15(9-18)16(12-4-6-14(24)7-5-12)21-22(17)13-3-2-8-19-10-13/h4-7,13,19,24H,2-3,8,10H2,1H3,(H,20,23)/t13-/m1/s1. The Balaban J connectivity index is 2.11. The number of benzene rings is 1. The summed E-state index contributed by atoms with van der Waals surface area (Å²) in [5, 5.41) is 29.8. The van der Waals surface area contributed by atoms with Crippen molar-refractivity contribution in [2.45, 2.75) is 25.8 Å². The summed E-state index contributed by atoms with van der Waals surface area (Å²) in [6.45, 7) is 3.12. The van der Waals surface area contributed by atoms with Gasteiger partial charge in [0.2, 0.25) is 5.91 Å². The number of phenolic OH excluding ortho intramolecular Hbond substituents is 1. The van der Waals surface area contributed by atoms with E-state index in [1.807, 2.05) is 0 Å². The third-order valence-electron chi connectivity index (χ3n) is 4.07. The van der Waals surface area contributed by atoms with E-state index in [1.165, 1.54) is 6.92 Å². The monoisotopic (exact) mass is 325 g/mol. The molecule has 1 aromatic heterocycles. The van der Waals surface area contributed by atoms with Gasteiger partial charge in [0.25, 0.3) is 0 Å². The van der Waals surface area contributed by atoms with Crippen molar-refractivity contribution < 1.29 is 9.90 Å². The molecule has 1 aliphatic rings. The van der Waals surface area contributed by atoms with Crippen LogP contribution in [0.3, 0.4) is 0 Å². The fourth-order valence-corrected chi connectivity index (χ4v) is 2.95. The number of hydrogen-bond acceptors (Lipinski definition) is 5. The van der Waals surface area contributed by atoms with Crippen LogP contribution in [0.1, 0.15) is 31.4 Å². The largest absolute Gasteiger partial charge is 0.508 e. The first kappa shape index (κ1) is 16.0. The van der Waals surface area contributed by atoms with E-state index in [2.05, 4.69) is 21.8 Å². The minimum absolute atomic E-state index is 0.0820. The van der Waals surface area contributed by atoms with E-state index in [1.54, 1.807) is 28.9 Å². The number of nitrogens with zero attached hydrogens (tertiary/aromatic N) is 3. The van der Waals surface area contributed by atoms with Gasteiger partial charge in [-0.1, -0.05) is 0 Å². The van der Waals surface area contributed by atoms with Crippen molar-refractivity contribution in [1.82, 2.24) is 15.1 Å². The van der Waals surface area contributed by atoms with Gasteiger partial charge in [0.1, 0.15) is 28.9 Å². The molecule has 3 rings (SSSR count). The molecule has 124 valence electrons. The minimum atomic E-state index is -0.242. The van der Waals surface area contributed by atoms with Crippen LogP contribution in [0.5, 0.6) is 5.75 Å². The Morgan fingerprint density at radius 3 is 2.79 bits per heavy atom. The molecular weight excluding hydrogens is 306 g/mol. The first-order valence-electron chi connectivity index (χ1n) is 7.90. The molecule has 0 bridgehead atoms. The number of carbonyl (C=O) groups excluding carboxylic acids is 1. The van der Waals surface area contributed by atoms with Gasteiger partial charge in [-0.15, -0.1) is 0 Å². The fraction of sp³-hybridized carbons (Fsp3) is 0.353. The molecule has 1 aromatic carbocycles. The topological polar surface area (TPSA) is 103 Å². The second-order valence-corrected chi connectivity index (χ2v) is 5.86. The first-order valence-corrected chi connectivity index (χ1v) is 7.90. The average Bonchev–Trinajstić information content (AvgIpc) is 2.94. The number of carbonyl (C=O) groups is 1. The zero-order chi connectivity index (χ0) is 17.1. The van der Waals surface area contributed by atoms with Crippen molar-refractivity contribution in [3.63, 3.8) is 0 Å². The predicted molar refractivity (Wildman–Crippen MR) is 89.5 cm³/mol. The highest BCUT2D eigenvalue weighted by molar-refractivity contribution is 5.91. The third kappa shape index (κ3) is 3.09. The van der Waals surface area contributed by atoms with Gasteiger partial charge in [-0.05, 0) is 43.7 Å². The van der Waals surface area contributed by atoms with Crippen LogP contribution in [0.25, 0.3) is 11.3 Å². The van der Waals surface area contributed by atoms with Crippen LogP contribution in [-0.4, -0.2) is 33.9 Å². The van der Waals surface area contributed by atoms with Crippen molar-refractivity contribution in [2.75, 3.05) is 18.4 Å². The van der Waals surface area contributed by atoms with Crippen molar-refractivity contribution in [3.05, 3.63) is 29.8 Å². The molecule has 1 aliphatic heterocycles. The molecule has 0 spiro atoms. The Kier molecular flexibility index (Phi) is 4.49. The van der Waals surface area contributed by atoms with Crippen molar-refractivity contribution in [3.8, 4) is 23.1 Å². The lowest BCUT2D eigenvalue weighted by Crippen LogP contribution is -2.33. The molecule has 24 heavy (non-hydrogen) atoms. The van der Waals surface area contributed by atoms with Gasteiger partial charge >= 0.3 is 0 Å². The van der Waals surface area contributed by atoms with Gasteiger partial charge in [-0.2, -0.15) is 10.4 Å². The summed E-state index contributed by atoms with van der Waals surface area (Å²) in [6.07, 6.45) is 1.95. The second-order valence-electron chi connectivity index (χ2n) is 5.86. The first-order chi connectivity index (χ1) is 11.6. The Labute approximate surface area is 139 Å². The lowest BCUT2D eigenvalue weighted by molar-refractivity contribution is -0.114. The number of piperidine rings is 1. The maximum Gasteiger partial charge on any atom is 0.222 e. The van der Waals surface area contributed by atoms with Crippen molar-refractivity contribution in [2.24, 2.45) is 0 Å². The molecule has 1 saturated heterocycles. The molecule has 3 N–H and O–H groups in total. The van der Waals surface area contributed by atoms with Crippen LogP contribution in [0, 0.1) is 11.3 Å². The van der Waals surface area contributed by atoms with Gasteiger partial charge in [-0.25, -0.2) is 4.68 Å². The van der Waals surface area contributed by atoms with E-state index >= 15 is 0 Å². The van der Waals surface area contributed by atoms with E-state index in [4.69, 9.17) is 0 Å². The Bertz CT molecular complexity index is 783. The van der Waals surface area contributed by atoms with E-state index in [9.17, 15) is 15.2 Å². The Morgan fingerprint density at radius 1 is 1.46 bits per heavy atom. The normalized spacial score (nSPS) is 17.2. The lowest BCUT2D eigenvalue weighted by Gasteiger charge is -2.24. The van der Waals surface area contributed by atoms with Gasteiger partial charge < -0.3 is 15.7 Å². The van der Waals surface area contributed by atoms with Crippen molar-refractivity contribution in [1.29, 1.82) is 5.26 Å². The number of aromatic nitrogens is 2. The predicted octanol–water partition coefficient (Wildman–Crippen LogP) is 2.01. The van der Waals surface area contributed by atoms with Gasteiger partial charge in [0, 0.05) is 19.0 Å². The number of phenols is 1. The molecule has 0 unspecified atom stereocenters. The zero-order valence-corrected chi connectivity index (χ0v) is 13.4. The van der Waals surface area contributed by atoms with E-state index < -0.39 is 0 Å². The summed E-state index contributed by atoms with van der Waals surface area (Å²) in [4.78, 5) is 11.6. The lowest BCUT2D eigenvalue weighted by atomic mass is 10.1. The number of amides is 1. The van der Waals surface area contributed by atoms with Gasteiger partial charge in [0.15, 0.2) is 0 Å². The Hall–Kier alpha value is -2.85. The number of nitriles is 1. The van der Waals surface area contributed by atoms with Crippen LogP contribution in [0.4, 0.5) is 5.82 Å². The summed E-state index contributed by atoms with van der Waals surface area (Å²) in [5.74, 6) is 0.339. The number of aromatic hydroxyl groups is 1. The highest BCUT2D eigenvalue weighted by Gasteiger charge is 2.25. The van der Waals surface area contributed by atoms with Crippen LogP contribution < -0.4 is 10.6 Å². The molecule has 0 radical (unpaired) electrons. The third-order valence-corrected chi connectivity index (χ3v) is 4.07. The summed E-state index contributed by atoms with van der Waals surface area (Å²) in [5.41, 5.74) is 1.56. The SMILES string of the molecule is CC(=O)Nc1c(C#N)c(-c2ccc(O)cc2)nn1[C@@H]1CCCNC1. The summed E-state index contributed by atoms with van der Waals surface area (Å²) >= 11 is 0. The highest BCUT2D eigenvalue weighted by Crippen LogP contribution is 2.32. The minimum Gasteiger partial charge on any atom is -0.508 e. The number of rotatable bonds is 3. The van der Waals surface area contributed by atoms with Crippen LogP contribution in [0.2, 0.25) is 0 Å². The van der Waals surface area contributed by atoms with Crippen LogP contribution in [-0.2, 0) is 4.79 Å². The molecule has 1 atom stereocenters. The molecule has 2 heterocycles. The molecule has 7 heteroatoms. The van der Waals surface area contributed by atoms with E-state index in [0.29, 0.717) is 17.1 Å². The zero-order valence-electron chi connectivity index (χ0n) is 13.4. The molecular formula is C17H19N5O2. The Morgan fingerprint density at radius 2 is 2.21 bits per heavy atom. The number of nitrogens with one attached hydrogen (secondary N) is 2. The van der Waals surface area contributed by atoms with E-state index in [0.717, 1.165) is 31.5 Å². The smallest absolute Gasteiger partial charge is 0.222 e. The maximum atomic E-state index is 11.6. The highest BCUT2D eigenvalue weighted by atomic mass is 16.3. The molecule has 0 saturated carbocycles. The molecule has 2 aromatic rings. The summed E-state index contributed by atoms with van der Waals surface area (Å²) < 4.78 is 1.74. The van der Waals surface area contributed by atoms with E-state index in [-0.39, 0.29) is 17.7 Å². The number of anilines is 1. The maximum absolute atomic E-state index is 11.6. The molecule has 1 fully saturated rings. The molecule has 7 nitrogen and oxygen atoms in total. The molecule has 0 aliphatic carbocycles. The van der Waals surface area contributed by atoms with Gasteiger partial charge in [-0.3, -0.25) is 4.79 Å². The van der Waals surface area contributed by atoms with Crippen LogP contribution >= 0.6 is 0 Å². The number of hydrogen-bond donors (Lipinski definition) is 3. The summed E-state index contributed by atoms with van der Waals surface area (Å²) in [7, 11) is 0. The second kappa shape index (κ2) is 6.72.